The third-order valence-electron chi connectivity index (χ3n) is 2.93. The van der Waals surface area contributed by atoms with E-state index in [0.717, 1.165) is 11.1 Å². The standard InChI is InChI=1S/C16H18O/c1-16(2,3)14-10-6-4-8-12(14)13-9-5-7-11-15(13)17/h4-11,17H,1-3H3. The molecule has 0 spiro atoms. The zero-order valence-corrected chi connectivity index (χ0v) is 10.6. The summed E-state index contributed by atoms with van der Waals surface area (Å²) >= 11 is 0. The first kappa shape index (κ1) is 11.7. The fraction of sp³-hybridized carbons (Fsp3) is 0.250. The fourth-order valence-electron chi connectivity index (χ4n) is 2.07. The van der Waals surface area contributed by atoms with Gasteiger partial charge in [-0.15, -0.1) is 0 Å². The van der Waals surface area contributed by atoms with E-state index in [9.17, 15) is 5.11 Å². The molecule has 0 radical (unpaired) electrons. The van der Waals surface area contributed by atoms with Crippen LogP contribution in [0.25, 0.3) is 11.1 Å². The minimum Gasteiger partial charge on any atom is -0.507 e. The Labute approximate surface area is 103 Å². The van der Waals surface area contributed by atoms with Gasteiger partial charge in [-0.2, -0.15) is 0 Å². The summed E-state index contributed by atoms with van der Waals surface area (Å²) in [5, 5.41) is 9.95. The zero-order chi connectivity index (χ0) is 12.5. The van der Waals surface area contributed by atoms with Crippen molar-refractivity contribution < 1.29 is 5.11 Å². The van der Waals surface area contributed by atoms with Gasteiger partial charge in [0.15, 0.2) is 0 Å². The van der Waals surface area contributed by atoms with E-state index >= 15 is 0 Å². The largest absolute Gasteiger partial charge is 0.507 e. The predicted octanol–water partition coefficient (Wildman–Crippen LogP) is 4.36. The maximum Gasteiger partial charge on any atom is 0.123 e. The number of hydrogen-bond donors (Lipinski definition) is 1. The molecule has 1 N–H and O–H groups in total. The van der Waals surface area contributed by atoms with Crippen molar-refractivity contribution in [2.24, 2.45) is 0 Å². The number of aromatic hydroxyl groups is 1. The predicted molar refractivity (Wildman–Crippen MR) is 72.2 cm³/mol. The van der Waals surface area contributed by atoms with E-state index in [1.165, 1.54) is 5.56 Å². The highest BCUT2D eigenvalue weighted by Crippen LogP contribution is 2.36. The van der Waals surface area contributed by atoms with Crippen LogP contribution in [0.15, 0.2) is 48.5 Å². The molecule has 17 heavy (non-hydrogen) atoms. The molecule has 0 aliphatic rings. The maximum atomic E-state index is 9.95. The van der Waals surface area contributed by atoms with Gasteiger partial charge in [-0.1, -0.05) is 63.2 Å². The molecule has 0 amide bonds. The Kier molecular flexibility index (Phi) is 2.93. The minimum absolute atomic E-state index is 0.0683. The smallest absolute Gasteiger partial charge is 0.123 e. The Morgan fingerprint density at radius 2 is 1.29 bits per heavy atom. The zero-order valence-electron chi connectivity index (χ0n) is 10.6. The number of hydrogen-bond acceptors (Lipinski definition) is 1. The van der Waals surface area contributed by atoms with Crippen molar-refractivity contribution >= 4 is 0 Å². The molecule has 0 unspecified atom stereocenters. The molecule has 0 fully saturated rings. The van der Waals surface area contributed by atoms with Crippen LogP contribution in [0.3, 0.4) is 0 Å². The second-order valence-corrected chi connectivity index (χ2v) is 5.31. The summed E-state index contributed by atoms with van der Waals surface area (Å²) in [5.41, 5.74) is 3.33. The van der Waals surface area contributed by atoms with Crippen molar-refractivity contribution in [2.45, 2.75) is 26.2 Å². The van der Waals surface area contributed by atoms with E-state index in [4.69, 9.17) is 0 Å². The van der Waals surface area contributed by atoms with Gasteiger partial charge in [0.05, 0.1) is 0 Å². The molecule has 0 heterocycles. The van der Waals surface area contributed by atoms with Crippen molar-refractivity contribution in [2.75, 3.05) is 0 Å². The molecule has 2 rings (SSSR count). The van der Waals surface area contributed by atoms with E-state index in [1.54, 1.807) is 6.07 Å². The third-order valence-corrected chi connectivity index (χ3v) is 2.93. The van der Waals surface area contributed by atoms with Crippen LogP contribution in [-0.4, -0.2) is 5.11 Å². The van der Waals surface area contributed by atoms with Crippen LogP contribution in [0, 0.1) is 0 Å². The van der Waals surface area contributed by atoms with Gasteiger partial charge in [0.25, 0.3) is 0 Å². The normalized spacial score (nSPS) is 11.5. The lowest BCUT2D eigenvalue weighted by molar-refractivity contribution is 0.477. The van der Waals surface area contributed by atoms with Crippen LogP contribution >= 0.6 is 0 Å². The average Bonchev–Trinajstić information content (AvgIpc) is 2.28. The Morgan fingerprint density at radius 1 is 0.765 bits per heavy atom. The summed E-state index contributed by atoms with van der Waals surface area (Å²) in [5.74, 6) is 0.337. The van der Waals surface area contributed by atoms with Crippen molar-refractivity contribution in [3.05, 3.63) is 54.1 Å². The van der Waals surface area contributed by atoms with E-state index in [1.807, 2.05) is 30.3 Å². The van der Waals surface area contributed by atoms with Gasteiger partial charge in [-0.05, 0) is 22.6 Å². The molecule has 0 aliphatic heterocycles. The molecule has 1 nitrogen and oxygen atoms in total. The van der Waals surface area contributed by atoms with E-state index in [0.29, 0.717) is 5.75 Å². The van der Waals surface area contributed by atoms with Gasteiger partial charge in [-0.3, -0.25) is 0 Å². The molecular formula is C16H18O. The maximum absolute atomic E-state index is 9.95. The van der Waals surface area contributed by atoms with Gasteiger partial charge in [0.2, 0.25) is 0 Å². The molecule has 0 atom stereocenters. The summed E-state index contributed by atoms with van der Waals surface area (Å²) in [7, 11) is 0. The first-order chi connectivity index (χ1) is 8.00. The quantitative estimate of drug-likeness (QED) is 0.766. The van der Waals surface area contributed by atoms with E-state index < -0.39 is 0 Å². The third kappa shape index (κ3) is 2.33. The van der Waals surface area contributed by atoms with Crippen molar-refractivity contribution in [1.29, 1.82) is 0 Å². The van der Waals surface area contributed by atoms with Crippen LogP contribution in [-0.2, 0) is 5.41 Å². The Bertz CT molecular complexity index is 521. The lowest BCUT2D eigenvalue weighted by Gasteiger charge is -2.23. The molecule has 2 aromatic carbocycles. The highest BCUT2D eigenvalue weighted by molar-refractivity contribution is 5.73. The number of phenolic OH excluding ortho intramolecular Hbond substituents is 1. The summed E-state index contributed by atoms with van der Waals surface area (Å²) in [6, 6.07) is 15.7. The van der Waals surface area contributed by atoms with Crippen LogP contribution in [0.4, 0.5) is 0 Å². The molecule has 0 saturated carbocycles. The minimum atomic E-state index is 0.0683. The van der Waals surface area contributed by atoms with Gasteiger partial charge in [-0.25, -0.2) is 0 Å². The highest BCUT2D eigenvalue weighted by Gasteiger charge is 2.19. The van der Waals surface area contributed by atoms with Crippen molar-refractivity contribution in [3.8, 4) is 16.9 Å². The molecular weight excluding hydrogens is 208 g/mol. The fourth-order valence-corrected chi connectivity index (χ4v) is 2.07. The molecule has 0 saturated heterocycles. The summed E-state index contributed by atoms with van der Waals surface area (Å²) in [6.45, 7) is 6.56. The monoisotopic (exact) mass is 226 g/mol. The SMILES string of the molecule is CC(C)(C)c1ccccc1-c1ccccc1O. The number of phenols is 1. The topological polar surface area (TPSA) is 20.2 Å². The Morgan fingerprint density at radius 3 is 1.88 bits per heavy atom. The number of para-hydroxylation sites is 1. The second-order valence-electron chi connectivity index (χ2n) is 5.31. The second kappa shape index (κ2) is 4.25. The van der Waals surface area contributed by atoms with Crippen LogP contribution in [0.1, 0.15) is 26.3 Å². The lowest BCUT2D eigenvalue weighted by atomic mass is 9.82. The molecule has 88 valence electrons. The van der Waals surface area contributed by atoms with E-state index in [2.05, 4.69) is 32.9 Å². The number of benzene rings is 2. The van der Waals surface area contributed by atoms with Crippen molar-refractivity contribution in [3.63, 3.8) is 0 Å². The Balaban J connectivity index is 2.65. The first-order valence-electron chi connectivity index (χ1n) is 5.88. The van der Waals surface area contributed by atoms with Crippen LogP contribution in [0.5, 0.6) is 5.75 Å². The van der Waals surface area contributed by atoms with Gasteiger partial charge < -0.3 is 5.11 Å². The van der Waals surface area contributed by atoms with Crippen LogP contribution < -0.4 is 0 Å². The van der Waals surface area contributed by atoms with Gasteiger partial charge in [0.1, 0.15) is 5.75 Å². The summed E-state index contributed by atoms with van der Waals surface area (Å²) in [4.78, 5) is 0. The van der Waals surface area contributed by atoms with Gasteiger partial charge >= 0.3 is 0 Å². The molecule has 2 aromatic rings. The summed E-state index contributed by atoms with van der Waals surface area (Å²) in [6.07, 6.45) is 0. The Hall–Kier alpha value is -1.76. The van der Waals surface area contributed by atoms with Gasteiger partial charge in [0, 0.05) is 5.56 Å². The molecule has 0 aromatic heterocycles. The van der Waals surface area contributed by atoms with E-state index in [-0.39, 0.29) is 5.41 Å². The summed E-state index contributed by atoms with van der Waals surface area (Å²) < 4.78 is 0. The number of rotatable bonds is 1. The molecule has 0 bridgehead atoms. The molecule has 0 aliphatic carbocycles. The molecule has 1 heteroatoms. The lowest BCUT2D eigenvalue weighted by Crippen LogP contribution is -2.12. The average molecular weight is 226 g/mol. The van der Waals surface area contributed by atoms with Crippen LogP contribution in [0.2, 0.25) is 0 Å². The van der Waals surface area contributed by atoms with Crippen molar-refractivity contribution in [1.82, 2.24) is 0 Å². The first-order valence-corrected chi connectivity index (χ1v) is 5.88. The highest BCUT2D eigenvalue weighted by atomic mass is 16.3.